The van der Waals surface area contributed by atoms with Gasteiger partial charge >= 0.3 is 5.97 Å². The van der Waals surface area contributed by atoms with Crippen LogP contribution in [0.25, 0.3) is 0 Å². The number of dihydropyridines is 1. The quantitative estimate of drug-likeness (QED) is 0.519. The van der Waals surface area contributed by atoms with Crippen LogP contribution in [0.1, 0.15) is 56.6 Å². The van der Waals surface area contributed by atoms with Crippen LogP contribution in [-0.2, 0) is 14.3 Å². The fourth-order valence-corrected chi connectivity index (χ4v) is 5.18. The van der Waals surface area contributed by atoms with Gasteiger partial charge in [-0.05, 0) is 56.9 Å². The van der Waals surface area contributed by atoms with E-state index in [1.54, 1.807) is 21.1 Å². The molecule has 2 aromatic rings. The van der Waals surface area contributed by atoms with E-state index in [9.17, 15) is 9.59 Å². The molecule has 0 amide bonds. The van der Waals surface area contributed by atoms with Gasteiger partial charge in [-0.25, -0.2) is 4.79 Å². The smallest absolute Gasteiger partial charge is 0.336 e. The van der Waals surface area contributed by atoms with Crippen LogP contribution in [0.2, 0.25) is 0 Å². The number of Topliss-reactive ketones (excluding diaryl/α,β-unsaturated/α-hetero) is 1. The maximum absolute atomic E-state index is 13.8. The van der Waals surface area contributed by atoms with Crippen molar-refractivity contribution in [2.45, 2.75) is 45.4 Å². The number of rotatable bonds is 8. The SMILES string of the molecule is CCOC(=O)C1=C(C)NC2=C(C(=O)C[C@@H](c3ccc(OC)c(OC)c3)C2)[C@H]1c1ccccc1OCC. The molecule has 2 atom stereocenters. The van der Waals surface area contributed by atoms with Crippen molar-refractivity contribution in [2.24, 2.45) is 0 Å². The number of carbonyl (C=O) groups is 2. The molecule has 0 fully saturated rings. The van der Waals surface area contributed by atoms with E-state index in [4.69, 9.17) is 18.9 Å². The molecule has 2 aromatic carbocycles. The standard InChI is InChI=1S/C29H33NO6/c1-6-35-23-11-9-8-10-20(23)27-26(29(32)36-7-2)17(3)30-21-14-19(15-22(31)28(21)27)18-12-13-24(33-4)25(16-18)34-5/h8-13,16,19,27,30H,6-7,14-15H2,1-5H3/t19-,27-/m0/s1. The van der Waals surface area contributed by atoms with Gasteiger partial charge in [0.15, 0.2) is 17.3 Å². The Morgan fingerprint density at radius 2 is 1.72 bits per heavy atom. The van der Waals surface area contributed by atoms with Gasteiger partial charge in [-0.2, -0.15) is 0 Å². The summed E-state index contributed by atoms with van der Waals surface area (Å²) in [6.07, 6.45) is 0.940. The first-order valence-corrected chi connectivity index (χ1v) is 12.3. The Kier molecular flexibility index (Phi) is 7.67. The van der Waals surface area contributed by atoms with Gasteiger partial charge < -0.3 is 24.3 Å². The lowest BCUT2D eigenvalue weighted by Gasteiger charge is -2.37. The summed E-state index contributed by atoms with van der Waals surface area (Å²) in [6.45, 7) is 6.27. The lowest BCUT2D eigenvalue weighted by atomic mass is 9.71. The van der Waals surface area contributed by atoms with E-state index in [-0.39, 0.29) is 18.3 Å². The summed E-state index contributed by atoms with van der Waals surface area (Å²) in [6, 6.07) is 13.4. The zero-order chi connectivity index (χ0) is 25.8. The van der Waals surface area contributed by atoms with Gasteiger partial charge in [-0.15, -0.1) is 0 Å². The van der Waals surface area contributed by atoms with Crippen molar-refractivity contribution in [1.29, 1.82) is 0 Å². The molecule has 7 nitrogen and oxygen atoms in total. The predicted octanol–water partition coefficient (Wildman–Crippen LogP) is 5.03. The number of hydrogen-bond donors (Lipinski definition) is 1. The minimum absolute atomic E-state index is 0.00543. The van der Waals surface area contributed by atoms with Crippen LogP contribution < -0.4 is 19.5 Å². The predicted molar refractivity (Wildman–Crippen MR) is 136 cm³/mol. The molecule has 0 saturated heterocycles. The molecule has 1 N–H and O–H groups in total. The summed E-state index contributed by atoms with van der Waals surface area (Å²) in [5.41, 5.74) is 4.34. The highest BCUT2D eigenvalue weighted by Crippen LogP contribution is 2.48. The summed E-state index contributed by atoms with van der Waals surface area (Å²) in [5.74, 6) is 0.884. The normalized spacial score (nSPS) is 19.4. The number of methoxy groups -OCH3 is 2. The van der Waals surface area contributed by atoms with Crippen molar-refractivity contribution in [3.8, 4) is 17.2 Å². The van der Waals surface area contributed by atoms with E-state index >= 15 is 0 Å². The zero-order valence-corrected chi connectivity index (χ0v) is 21.5. The number of nitrogens with one attached hydrogen (secondary N) is 1. The van der Waals surface area contributed by atoms with Gasteiger partial charge in [-0.3, -0.25) is 4.79 Å². The largest absolute Gasteiger partial charge is 0.494 e. The first kappa shape index (κ1) is 25.4. The first-order chi connectivity index (χ1) is 17.4. The van der Waals surface area contributed by atoms with Gasteiger partial charge in [0.1, 0.15) is 5.75 Å². The second-order valence-electron chi connectivity index (χ2n) is 8.82. The van der Waals surface area contributed by atoms with Gasteiger partial charge in [0.2, 0.25) is 0 Å². The van der Waals surface area contributed by atoms with Crippen molar-refractivity contribution in [3.05, 3.63) is 76.1 Å². The highest BCUT2D eigenvalue weighted by molar-refractivity contribution is 6.04. The van der Waals surface area contributed by atoms with E-state index < -0.39 is 11.9 Å². The number of para-hydroxylation sites is 1. The zero-order valence-electron chi connectivity index (χ0n) is 21.5. The maximum Gasteiger partial charge on any atom is 0.336 e. The van der Waals surface area contributed by atoms with Crippen molar-refractivity contribution in [1.82, 2.24) is 5.32 Å². The Labute approximate surface area is 212 Å². The average Bonchev–Trinajstić information content (AvgIpc) is 2.88. The molecule has 190 valence electrons. The van der Waals surface area contributed by atoms with Crippen LogP contribution in [0.4, 0.5) is 0 Å². The second kappa shape index (κ2) is 10.9. The minimum atomic E-state index is -0.568. The van der Waals surface area contributed by atoms with Crippen LogP contribution in [0.3, 0.4) is 0 Å². The number of carbonyl (C=O) groups excluding carboxylic acids is 2. The van der Waals surface area contributed by atoms with Gasteiger partial charge in [-0.1, -0.05) is 24.3 Å². The van der Waals surface area contributed by atoms with Crippen LogP contribution in [0.15, 0.2) is 65.0 Å². The molecule has 1 aliphatic carbocycles. The van der Waals surface area contributed by atoms with E-state index in [0.717, 1.165) is 16.8 Å². The molecule has 2 aliphatic rings. The summed E-state index contributed by atoms with van der Waals surface area (Å²) < 4.78 is 22.2. The fraction of sp³-hybridized carbons (Fsp3) is 0.379. The lowest BCUT2D eigenvalue weighted by Crippen LogP contribution is -2.36. The van der Waals surface area contributed by atoms with Gasteiger partial charge in [0.05, 0.1) is 38.9 Å². The second-order valence-corrected chi connectivity index (χ2v) is 8.82. The van der Waals surface area contributed by atoms with Crippen LogP contribution in [-0.4, -0.2) is 39.2 Å². The Morgan fingerprint density at radius 3 is 2.42 bits per heavy atom. The summed E-state index contributed by atoms with van der Waals surface area (Å²) in [4.78, 5) is 26.9. The molecule has 36 heavy (non-hydrogen) atoms. The van der Waals surface area contributed by atoms with Crippen molar-refractivity contribution in [3.63, 3.8) is 0 Å². The number of ether oxygens (including phenoxy) is 4. The molecule has 0 saturated carbocycles. The third kappa shape index (κ3) is 4.70. The van der Waals surface area contributed by atoms with Crippen LogP contribution >= 0.6 is 0 Å². The Morgan fingerprint density at radius 1 is 0.972 bits per heavy atom. The van der Waals surface area contributed by atoms with E-state index in [1.807, 2.05) is 56.3 Å². The number of allylic oxidation sites excluding steroid dienone is 3. The maximum atomic E-state index is 13.8. The molecule has 0 aromatic heterocycles. The molecule has 0 unspecified atom stereocenters. The van der Waals surface area contributed by atoms with E-state index in [0.29, 0.717) is 53.5 Å². The highest BCUT2D eigenvalue weighted by atomic mass is 16.5. The third-order valence-electron chi connectivity index (χ3n) is 6.73. The molecular weight excluding hydrogens is 458 g/mol. The number of benzene rings is 2. The number of ketones is 1. The molecule has 0 radical (unpaired) electrons. The topological polar surface area (TPSA) is 83.1 Å². The molecule has 0 bridgehead atoms. The Bertz CT molecular complexity index is 1230. The molecule has 0 spiro atoms. The van der Waals surface area contributed by atoms with Gasteiger partial charge in [0.25, 0.3) is 0 Å². The summed E-state index contributed by atoms with van der Waals surface area (Å²) in [5, 5.41) is 3.38. The number of esters is 1. The Hall–Kier alpha value is -3.74. The average molecular weight is 492 g/mol. The van der Waals surface area contributed by atoms with Crippen molar-refractivity contribution < 1.29 is 28.5 Å². The minimum Gasteiger partial charge on any atom is -0.494 e. The monoisotopic (exact) mass is 491 g/mol. The molecule has 1 heterocycles. The molecule has 7 heteroatoms. The van der Waals surface area contributed by atoms with Crippen LogP contribution in [0.5, 0.6) is 17.2 Å². The van der Waals surface area contributed by atoms with Crippen LogP contribution in [0, 0.1) is 0 Å². The van der Waals surface area contributed by atoms with E-state index in [2.05, 4.69) is 5.32 Å². The summed E-state index contributed by atoms with van der Waals surface area (Å²) >= 11 is 0. The Balaban J connectivity index is 1.81. The molecule has 4 rings (SSSR count). The highest BCUT2D eigenvalue weighted by Gasteiger charge is 2.42. The fourth-order valence-electron chi connectivity index (χ4n) is 5.18. The number of hydrogen-bond acceptors (Lipinski definition) is 7. The molecule has 1 aliphatic heterocycles. The lowest BCUT2D eigenvalue weighted by molar-refractivity contribution is -0.138. The summed E-state index contributed by atoms with van der Waals surface area (Å²) in [7, 11) is 3.20. The third-order valence-corrected chi connectivity index (χ3v) is 6.73. The van der Waals surface area contributed by atoms with E-state index in [1.165, 1.54) is 0 Å². The van der Waals surface area contributed by atoms with Crippen molar-refractivity contribution in [2.75, 3.05) is 27.4 Å². The van der Waals surface area contributed by atoms with Gasteiger partial charge in [0, 0.05) is 29.0 Å². The first-order valence-electron chi connectivity index (χ1n) is 12.3. The molecular formula is C29H33NO6. The van der Waals surface area contributed by atoms with Crippen molar-refractivity contribution >= 4 is 11.8 Å².